The van der Waals surface area contributed by atoms with E-state index in [-0.39, 0.29) is 17.8 Å². The van der Waals surface area contributed by atoms with Gasteiger partial charge in [0.05, 0.1) is 4.99 Å². The molecule has 1 atom stereocenters. The molecule has 18 heavy (non-hydrogen) atoms. The number of carbonyl (C=O) groups excluding carboxylic acids is 1. The second-order valence-electron chi connectivity index (χ2n) is 4.21. The lowest BCUT2D eigenvalue weighted by Crippen LogP contribution is -2.37. The molecular formula is C13H17FN2OS. The number of hydrogen-bond acceptors (Lipinski definition) is 2. The number of nitrogens with one attached hydrogen (secondary N) is 1. The molecule has 0 fully saturated rings. The summed E-state index contributed by atoms with van der Waals surface area (Å²) in [5, 5.41) is 2.79. The summed E-state index contributed by atoms with van der Waals surface area (Å²) in [6.07, 6.45) is 1.17. The fourth-order valence-corrected chi connectivity index (χ4v) is 1.74. The van der Waals surface area contributed by atoms with E-state index < -0.39 is 0 Å². The van der Waals surface area contributed by atoms with E-state index >= 15 is 0 Å². The molecule has 0 saturated heterocycles. The summed E-state index contributed by atoms with van der Waals surface area (Å²) < 4.78 is 13.3. The zero-order valence-electron chi connectivity index (χ0n) is 10.5. The lowest BCUT2D eigenvalue weighted by Gasteiger charge is -2.16. The predicted octanol–water partition coefficient (Wildman–Crippen LogP) is 2.32. The second-order valence-corrected chi connectivity index (χ2v) is 4.74. The Kier molecular flexibility index (Phi) is 5.22. The number of rotatable bonds is 5. The summed E-state index contributed by atoms with van der Waals surface area (Å²) in [7, 11) is 0. The van der Waals surface area contributed by atoms with Gasteiger partial charge in [-0.05, 0) is 31.0 Å². The van der Waals surface area contributed by atoms with Crippen molar-refractivity contribution in [1.82, 2.24) is 5.32 Å². The Hall–Kier alpha value is -1.49. The number of amides is 1. The first kappa shape index (κ1) is 14.6. The zero-order chi connectivity index (χ0) is 13.7. The molecule has 3 nitrogen and oxygen atoms in total. The topological polar surface area (TPSA) is 55.1 Å². The van der Waals surface area contributed by atoms with Crippen molar-refractivity contribution >= 4 is 23.1 Å². The van der Waals surface area contributed by atoms with Crippen LogP contribution in [0.15, 0.2) is 18.2 Å². The summed E-state index contributed by atoms with van der Waals surface area (Å²) in [6, 6.07) is 4.30. The number of thiocarbonyl (C=S) groups is 1. The largest absolute Gasteiger partial charge is 0.393 e. The molecule has 1 aromatic carbocycles. The number of hydrogen-bond donors (Lipinski definition) is 2. The van der Waals surface area contributed by atoms with E-state index in [1.807, 2.05) is 6.92 Å². The Bertz CT molecular complexity index is 462. The van der Waals surface area contributed by atoms with Gasteiger partial charge in [-0.1, -0.05) is 25.2 Å². The molecule has 0 spiro atoms. The number of benzene rings is 1. The van der Waals surface area contributed by atoms with Crippen LogP contribution in [0.5, 0.6) is 0 Å². The lowest BCUT2D eigenvalue weighted by molar-refractivity contribution is 0.0936. The minimum atomic E-state index is -0.384. The molecule has 1 aromatic rings. The van der Waals surface area contributed by atoms with Gasteiger partial charge in [0.15, 0.2) is 0 Å². The highest BCUT2D eigenvalue weighted by Gasteiger charge is 2.14. The van der Waals surface area contributed by atoms with Crippen molar-refractivity contribution < 1.29 is 9.18 Å². The number of carbonyl (C=O) groups is 1. The zero-order valence-corrected chi connectivity index (χ0v) is 11.3. The van der Waals surface area contributed by atoms with Crippen molar-refractivity contribution in [2.24, 2.45) is 5.73 Å². The Morgan fingerprint density at radius 1 is 1.56 bits per heavy atom. The van der Waals surface area contributed by atoms with Gasteiger partial charge in [-0.3, -0.25) is 4.79 Å². The molecule has 0 aliphatic carbocycles. The maximum atomic E-state index is 13.3. The minimum absolute atomic E-state index is 0.112. The third kappa shape index (κ3) is 4.07. The molecule has 1 unspecified atom stereocenters. The Morgan fingerprint density at radius 2 is 2.22 bits per heavy atom. The molecule has 0 aliphatic rings. The van der Waals surface area contributed by atoms with Crippen molar-refractivity contribution in [3.8, 4) is 0 Å². The van der Waals surface area contributed by atoms with Crippen LogP contribution in [0, 0.1) is 12.7 Å². The first-order valence-electron chi connectivity index (χ1n) is 5.79. The highest BCUT2D eigenvalue weighted by molar-refractivity contribution is 7.80. The maximum absolute atomic E-state index is 13.3. The van der Waals surface area contributed by atoms with E-state index in [2.05, 4.69) is 5.32 Å². The van der Waals surface area contributed by atoms with Crippen molar-refractivity contribution in [1.29, 1.82) is 0 Å². The van der Waals surface area contributed by atoms with Crippen LogP contribution < -0.4 is 11.1 Å². The molecule has 0 saturated carbocycles. The molecule has 0 aliphatic heterocycles. The van der Waals surface area contributed by atoms with Crippen LogP contribution in [0.4, 0.5) is 4.39 Å². The highest BCUT2D eigenvalue weighted by Crippen LogP contribution is 2.10. The summed E-state index contributed by atoms with van der Waals surface area (Å²) >= 11 is 4.81. The predicted molar refractivity (Wildman–Crippen MR) is 74.1 cm³/mol. The summed E-state index contributed by atoms with van der Waals surface area (Å²) in [5.41, 5.74) is 6.27. The van der Waals surface area contributed by atoms with Crippen LogP contribution in [-0.2, 0) is 0 Å². The van der Waals surface area contributed by atoms with E-state index in [1.54, 1.807) is 19.1 Å². The first-order chi connectivity index (χ1) is 8.43. The highest BCUT2D eigenvalue weighted by atomic mass is 32.1. The molecule has 1 amide bonds. The van der Waals surface area contributed by atoms with Gasteiger partial charge >= 0.3 is 0 Å². The van der Waals surface area contributed by atoms with E-state index in [1.165, 1.54) is 6.07 Å². The van der Waals surface area contributed by atoms with Crippen molar-refractivity contribution in [2.75, 3.05) is 0 Å². The van der Waals surface area contributed by atoms with Crippen LogP contribution in [0.25, 0.3) is 0 Å². The average molecular weight is 268 g/mol. The SMILES string of the molecule is CCC(CC(N)=S)NC(=O)c1ccc(C)c(F)c1. The third-order valence-electron chi connectivity index (χ3n) is 2.71. The quantitative estimate of drug-likeness (QED) is 0.806. The molecule has 0 aromatic heterocycles. The first-order valence-corrected chi connectivity index (χ1v) is 6.20. The van der Waals surface area contributed by atoms with E-state index in [9.17, 15) is 9.18 Å². The molecule has 98 valence electrons. The van der Waals surface area contributed by atoms with Crippen LogP contribution in [0.1, 0.15) is 35.7 Å². The van der Waals surface area contributed by atoms with E-state index in [0.29, 0.717) is 22.5 Å². The number of aryl methyl sites for hydroxylation is 1. The van der Waals surface area contributed by atoms with Gasteiger partial charge in [-0.25, -0.2) is 4.39 Å². The van der Waals surface area contributed by atoms with Crippen LogP contribution in [0.3, 0.4) is 0 Å². The van der Waals surface area contributed by atoms with Gasteiger partial charge in [0.2, 0.25) is 0 Å². The Morgan fingerprint density at radius 3 is 2.72 bits per heavy atom. The van der Waals surface area contributed by atoms with Crippen molar-refractivity contribution in [3.05, 3.63) is 35.1 Å². The van der Waals surface area contributed by atoms with Crippen LogP contribution >= 0.6 is 12.2 Å². The Labute approximate surface area is 112 Å². The normalized spacial score (nSPS) is 11.9. The van der Waals surface area contributed by atoms with Gasteiger partial charge in [-0.2, -0.15) is 0 Å². The molecular weight excluding hydrogens is 251 g/mol. The van der Waals surface area contributed by atoms with Gasteiger partial charge in [0.1, 0.15) is 5.82 Å². The molecule has 0 heterocycles. The lowest BCUT2D eigenvalue weighted by atomic mass is 10.1. The van der Waals surface area contributed by atoms with Crippen molar-refractivity contribution in [3.63, 3.8) is 0 Å². The molecule has 0 radical (unpaired) electrons. The fourth-order valence-electron chi connectivity index (χ4n) is 1.54. The minimum Gasteiger partial charge on any atom is -0.393 e. The van der Waals surface area contributed by atoms with Crippen LogP contribution in [0.2, 0.25) is 0 Å². The van der Waals surface area contributed by atoms with Gasteiger partial charge in [0.25, 0.3) is 5.91 Å². The molecule has 5 heteroatoms. The summed E-state index contributed by atoms with van der Waals surface area (Å²) in [4.78, 5) is 12.3. The average Bonchev–Trinajstić information content (AvgIpc) is 2.31. The van der Waals surface area contributed by atoms with E-state index in [0.717, 1.165) is 6.42 Å². The third-order valence-corrected chi connectivity index (χ3v) is 2.88. The monoisotopic (exact) mass is 268 g/mol. The summed E-state index contributed by atoms with van der Waals surface area (Å²) in [6.45, 7) is 3.58. The maximum Gasteiger partial charge on any atom is 0.251 e. The molecule has 0 bridgehead atoms. The van der Waals surface area contributed by atoms with Gasteiger partial charge in [-0.15, -0.1) is 0 Å². The fraction of sp³-hybridized carbons (Fsp3) is 0.385. The number of halogens is 1. The molecule has 1 rings (SSSR count). The van der Waals surface area contributed by atoms with Gasteiger partial charge < -0.3 is 11.1 Å². The van der Waals surface area contributed by atoms with E-state index in [4.69, 9.17) is 18.0 Å². The number of nitrogens with two attached hydrogens (primary N) is 1. The van der Waals surface area contributed by atoms with Gasteiger partial charge in [0, 0.05) is 18.0 Å². The van der Waals surface area contributed by atoms with Crippen LogP contribution in [-0.4, -0.2) is 16.9 Å². The smallest absolute Gasteiger partial charge is 0.251 e. The second kappa shape index (κ2) is 6.44. The van der Waals surface area contributed by atoms with Crippen molar-refractivity contribution in [2.45, 2.75) is 32.7 Å². The Balaban J connectivity index is 2.74. The summed E-state index contributed by atoms with van der Waals surface area (Å²) in [5.74, 6) is -0.693. The molecule has 3 N–H and O–H groups in total. The standard InChI is InChI=1S/C13H17FN2OS/c1-3-10(7-12(15)18)16-13(17)9-5-4-8(2)11(14)6-9/h4-6,10H,3,7H2,1-2H3,(H2,15,18)(H,16,17).